The molecular formula is C10H11N3O5S. The summed E-state index contributed by atoms with van der Waals surface area (Å²) in [5.41, 5.74) is -0.205. The molecule has 2 rings (SSSR count). The molecular weight excluding hydrogens is 274 g/mol. The molecule has 0 aromatic carbocycles. The van der Waals surface area contributed by atoms with Crippen LogP contribution in [-0.2, 0) is 9.59 Å². The first-order valence-electron chi connectivity index (χ1n) is 5.42. The first-order valence-corrected chi connectivity index (χ1v) is 6.24. The van der Waals surface area contributed by atoms with Gasteiger partial charge in [-0.15, -0.1) is 11.3 Å². The van der Waals surface area contributed by atoms with Crippen molar-refractivity contribution in [2.75, 3.05) is 18.0 Å². The van der Waals surface area contributed by atoms with Crippen LogP contribution < -0.4 is 10.2 Å². The summed E-state index contributed by atoms with van der Waals surface area (Å²) in [6.07, 6.45) is -0.841. The summed E-state index contributed by atoms with van der Waals surface area (Å²) in [4.78, 5) is 34.7. The number of hydrogen-bond donors (Lipinski definition) is 2. The number of thiophene rings is 1. The van der Waals surface area contributed by atoms with Gasteiger partial charge in [0.2, 0.25) is 11.8 Å². The Labute approximate surface area is 111 Å². The number of piperazine rings is 1. The molecule has 2 amide bonds. The van der Waals surface area contributed by atoms with Crippen molar-refractivity contribution in [1.82, 2.24) is 5.32 Å². The topological polar surface area (TPSA) is 113 Å². The smallest absolute Gasteiger partial charge is 0.304 e. The molecule has 2 heterocycles. The van der Waals surface area contributed by atoms with E-state index >= 15 is 0 Å². The van der Waals surface area contributed by atoms with Crippen LogP contribution in [0.4, 0.5) is 10.7 Å². The zero-order valence-electron chi connectivity index (χ0n) is 9.95. The molecule has 1 saturated heterocycles. The van der Waals surface area contributed by atoms with E-state index in [4.69, 9.17) is 0 Å². The van der Waals surface area contributed by atoms with Crippen LogP contribution in [0.25, 0.3) is 0 Å². The largest absolute Gasteiger partial charge is 0.388 e. The Bertz CT molecular complexity index is 537. The summed E-state index contributed by atoms with van der Waals surface area (Å²) in [7, 11) is 0. The molecule has 0 aliphatic carbocycles. The van der Waals surface area contributed by atoms with Gasteiger partial charge in [-0.05, 0) is 6.92 Å². The van der Waals surface area contributed by atoms with E-state index in [1.54, 1.807) is 0 Å². The number of nitro groups is 1. The Balaban J connectivity index is 2.39. The maximum atomic E-state index is 11.3. The molecule has 2 N–H and O–H groups in total. The average Bonchev–Trinajstić information content (AvgIpc) is 2.72. The van der Waals surface area contributed by atoms with Gasteiger partial charge in [0.1, 0.15) is 0 Å². The van der Waals surface area contributed by atoms with E-state index in [0.29, 0.717) is 4.88 Å². The molecule has 0 unspecified atom stereocenters. The van der Waals surface area contributed by atoms with E-state index in [1.807, 2.05) is 0 Å². The van der Waals surface area contributed by atoms with Gasteiger partial charge in [-0.1, -0.05) is 0 Å². The molecule has 1 aromatic rings. The summed E-state index contributed by atoms with van der Waals surface area (Å²) >= 11 is 1.01. The molecule has 9 heteroatoms. The van der Waals surface area contributed by atoms with Crippen LogP contribution in [0.1, 0.15) is 17.9 Å². The highest BCUT2D eigenvalue weighted by Gasteiger charge is 2.30. The van der Waals surface area contributed by atoms with Crippen molar-refractivity contribution >= 4 is 33.8 Å². The minimum absolute atomic E-state index is 0.119. The van der Waals surface area contributed by atoms with Crippen molar-refractivity contribution in [3.05, 3.63) is 21.1 Å². The van der Waals surface area contributed by atoms with Gasteiger partial charge >= 0.3 is 5.69 Å². The van der Waals surface area contributed by atoms with Crippen LogP contribution in [0, 0.1) is 10.1 Å². The van der Waals surface area contributed by atoms with Crippen molar-refractivity contribution in [2.24, 2.45) is 0 Å². The fraction of sp³-hybridized carbons (Fsp3) is 0.400. The van der Waals surface area contributed by atoms with E-state index in [0.717, 1.165) is 11.3 Å². The Kier molecular flexibility index (Phi) is 3.49. The normalized spacial score (nSPS) is 17.3. The second-order valence-corrected chi connectivity index (χ2v) is 5.16. The minimum Gasteiger partial charge on any atom is -0.388 e. The quantitative estimate of drug-likeness (QED) is 0.465. The number of nitrogens with one attached hydrogen (secondary N) is 1. The predicted octanol–water partition coefficient (Wildman–Crippen LogP) is 0.172. The lowest BCUT2D eigenvalue weighted by Crippen LogP contribution is -2.51. The van der Waals surface area contributed by atoms with Gasteiger partial charge in [0.25, 0.3) is 0 Å². The summed E-state index contributed by atoms with van der Waals surface area (Å²) in [5.74, 6) is -1.00. The number of amides is 2. The number of aliphatic hydroxyl groups is 1. The van der Waals surface area contributed by atoms with Crippen molar-refractivity contribution in [3.63, 3.8) is 0 Å². The van der Waals surface area contributed by atoms with Gasteiger partial charge in [0, 0.05) is 10.9 Å². The van der Waals surface area contributed by atoms with Crippen LogP contribution >= 0.6 is 11.3 Å². The predicted molar refractivity (Wildman–Crippen MR) is 67.0 cm³/mol. The zero-order valence-corrected chi connectivity index (χ0v) is 10.8. The fourth-order valence-electron chi connectivity index (χ4n) is 1.73. The second kappa shape index (κ2) is 4.94. The Morgan fingerprint density at radius 1 is 1.47 bits per heavy atom. The third-order valence-corrected chi connectivity index (χ3v) is 3.91. The number of rotatable bonds is 3. The molecule has 1 aliphatic rings. The van der Waals surface area contributed by atoms with Crippen molar-refractivity contribution in [2.45, 2.75) is 13.0 Å². The van der Waals surface area contributed by atoms with Crippen LogP contribution in [0.15, 0.2) is 6.07 Å². The summed E-state index contributed by atoms with van der Waals surface area (Å²) in [6.45, 7) is 1.26. The van der Waals surface area contributed by atoms with Gasteiger partial charge in [-0.3, -0.25) is 25.0 Å². The minimum atomic E-state index is -0.841. The molecule has 19 heavy (non-hydrogen) atoms. The van der Waals surface area contributed by atoms with Crippen LogP contribution in [0.5, 0.6) is 0 Å². The maximum Gasteiger partial charge on any atom is 0.304 e. The third-order valence-electron chi connectivity index (χ3n) is 2.56. The molecule has 0 radical (unpaired) electrons. The number of nitrogens with zero attached hydrogens (tertiary/aromatic N) is 2. The van der Waals surface area contributed by atoms with Crippen LogP contribution in [0.2, 0.25) is 0 Å². The van der Waals surface area contributed by atoms with Crippen molar-refractivity contribution in [1.29, 1.82) is 0 Å². The number of aliphatic hydroxyl groups excluding tert-OH is 1. The van der Waals surface area contributed by atoms with Gasteiger partial charge in [0.15, 0.2) is 5.00 Å². The first kappa shape index (κ1) is 13.4. The molecule has 0 spiro atoms. The van der Waals surface area contributed by atoms with E-state index < -0.39 is 22.8 Å². The number of hydrogen-bond acceptors (Lipinski definition) is 7. The molecule has 0 bridgehead atoms. The SMILES string of the molecule is C[C@H](O)c1cc([N+](=O)[O-])c(N2CC(=O)NC(=O)C2)s1. The Morgan fingerprint density at radius 2 is 2.05 bits per heavy atom. The third kappa shape index (κ3) is 2.71. The lowest BCUT2D eigenvalue weighted by molar-refractivity contribution is -0.383. The van der Waals surface area contributed by atoms with E-state index in [1.165, 1.54) is 17.9 Å². The fourth-order valence-corrected chi connectivity index (χ4v) is 2.79. The molecule has 8 nitrogen and oxygen atoms in total. The second-order valence-electron chi connectivity index (χ2n) is 4.10. The monoisotopic (exact) mass is 285 g/mol. The Hall–Kier alpha value is -2.00. The number of carbonyl (C=O) groups excluding carboxylic acids is 2. The molecule has 1 atom stereocenters. The zero-order chi connectivity index (χ0) is 14.2. The van der Waals surface area contributed by atoms with Crippen molar-refractivity contribution < 1.29 is 19.6 Å². The number of anilines is 1. The van der Waals surface area contributed by atoms with Gasteiger partial charge in [-0.2, -0.15) is 0 Å². The molecule has 1 aliphatic heterocycles. The average molecular weight is 285 g/mol. The first-order chi connectivity index (χ1) is 8.88. The molecule has 1 fully saturated rings. The highest BCUT2D eigenvalue weighted by Crippen LogP contribution is 2.40. The summed E-state index contributed by atoms with van der Waals surface area (Å²) < 4.78 is 0. The highest BCUT2D eigenvalue weighted by molar-refractivity contribution is 7.16. The Morgan fingerprint density at radius 3 is 2.53 bits per heavy atom. The van der Waals surface area contributed by atoms with Crippen molar-refractivity contribution in [3.8, 4) is 0 Å². The van der Waals surface area contributed by atoms with E-state index in [9.17, 15) is 24.8 Å². The van der Waals surface area contributed by atoms with E-state index in [-0.39, 0.29) is 23.8 Å². The summed E-state index contributed by atoms with van der Waals surface area (Å²) in [6, 6.07) is 1.27. The lowest BCUT2D eigenvalue weighted by Gasteiger charge is -2.25. The lowest BCUT2D eigenvalue weighted by atomic mass is 10.3. The molecule has 1 aromatic heterocycles. The molecule has 102 valence electrons. The van der Waals surface area contributed by atoms with Gasteiger partial charge in [-0.25, -0.2) is 0 Å². The van der Waals surface area contributed by atoms with Gasteiger partial charge in [0.05, 0.1) is 24.1 Å². The van der Waals surface area contributed by atoms with Crippen LogP contribution in [0.3, 0.4) is 0 Å². The standard InChI is InChI=1S/C10H11N3O5S/c1-5(14)7-2-6(13(17)18)10(19-7)12-3-8(15)11-9(16)4-12/h2,5,14H,3-4H2,1H3,(H,11,15,16)/t5-/m0/s1. The maximum absolute atomic E-state index is 11.3. The number of imide groups is 1. The van der Waals surface area contributed by atoms with E-state index in [2.05, 4.69) is 5.32 Å². The number of carbonyl (C=O) groups is 2. The van der Waals surface area contributed by atoms with Gasteiger partial charge < -0.3 is 10.0 Å². The summed E-state index contributed by atoms with van der Waals surface area (Å²) in [5, 5.41) is 22.8. The van der Waals surface area contributed by atoms with Crippen LogP contribution in [-0.4, -0.2) is 34.9 Å². The highest BCUT2D eigenvalue weighted by atomic mass is 32.1. The molecule has 0 saturated carbocycles.